The third-order valence-electron chi connectivity index (χ3n) is 11.1. The predicted molar refractivity (Wildman–Crippen MR) is 207 cm³/mol. The Bertz CT molecular complexity index is 1720. The maximum Gasteiger partial charge on any atom is 0.303 e. The summed E-state index contributed by atoms with van der Waals surface area (Å²) in [6.45, 7) is 7.11. The summed E-state index contributed by atoms with van der Waals surface area (Å²) in [6.07, 6.45) is 6.79. The summed E-state index contributed by atoms with van der Waals surface area (Å²) in [6, 6.07) is 24.3. The van der Waals surface area contributed by atoms with Gasteiger partial charge >= 0.3 is 5.97 Å². The number of benzene rings is 3. The van der Waals surface area contributed by atoms with E-state index in [9.17, 15) is 19.5 Å². The smallest absolute Gasteiger partial charge is 0.303 e. The average Bonchev–Trinajstić information content (AvgIpc) is 3.16. The van der Waals surface area contributed by atoms with Gasteiger partial charge in [0.15, 0.2) is 6.29 Å². The fourth-order valence-electron chi connectivity index (χ4n) is 8.38. The Morgan fingerprint density at radius 1 is 0.833 bits per heavy atom. The van der Waals surface area contributed by atoms with Crippen LogP contribution in [0, 0.1) is 5.92 Å². The molecule has 6 unspecified atom stereocenters. The second-order valence-electron chi connectivity index (χ2n) is 16.3. The highest BCUT2D eigenvalue weighted by molar-refractivity contribution is 5.82. The number of fused-ring (bicyclic) bond motifs is 1. The number of aliphatic hydroxyl groups is 1. The van der Waals surface area contributed by atoms with Crippen LogP contribution in [0.15, 0.2) is 72.8 Å². The van der Waals surface area contributed by atoms with E-state index in [1.54, 1.807) is 0 Å². The third kappa shape index (κ3) is 10.6. The SMILES string of the molecule is CC(C)(C)NC(=O)C1CCC2CCCCC2N1CC1CC(c2ccc(CO)cc2)OC(c2ccc(-c3cccc(CNC(=O)CCCC(=O)O)c3)cc2)O1. The number of aliphatic carboxylic acids is 1. The zero-order valence-electron chi connectivity index (χ0n) is 32.0. The Kier molecular flexibility index (Phi) is 13.2. The Hall–Kier alpha value is -4.09. The largest absolute Gasteiger partial charge is 0.481 e. The minimum atomic E-state index is -0.901. The summed E-state index contributed by atoms with van der Waals surface area (Å²) in [5.41, 5.74) is 5.45. The van der Waals surface area contributed by atoms with E-state index >= 15 is 0 Å². The summed E-state index contributed by atoms with van der Waals surface area (Å²) in [4.78, 5) is 39.2. The first kappa shape index (κ1) is 39.6. The topological polar surface area (TPSA) is 137 Å². The molecule has 6 rings (SSSR count). The van der Waals surface area contributed by atoms with Gasteiger partial charge in [-0.3, -0.25) is 19.3 Å². The molecule has 2 amide bonds. The molecule has 0 aromatic heterocycles. The van der Waals surface area contributed by atoms with E-state index in [1.807, 2.05) is 81.4 Å². The van der Waals surface area contributed by atoms with E-state index in [0.717, 1.165) is 52.6 Å². The van der Waals surface area contributed by atoms with Gasteiger partial charge in [0.2, 0.25) is 11.8 Å². The lowest BCUT2D eigenvalue weighted by Gasteiger charge is -2.50. The van der Waals surface area contributed by atoms with Gasteiger partial charge in [-0.15, -0.1) is 0 Å². The van der Waals surface area contributed by atoms with Crippen molar-refractivity contribution in [3.8, 4) is 11.1 Å². The number of likely N-dealkylation sites (tertiary alicyclic amines) is 1. The second-order valence-corrected chi connectivity index (χ2v) is 16.3. The van der Waals surface area contributed by atoms with Crippen LogP contribution >= 0.6 is 0 Å². The molecule has 2 heterocycles. The van der Waals surface area contributed by atoms with Crippen molar-refractivity contribution < 1.29 is 34.1 Å². The normalized spacial score (nSPS) is 24.7. The second kappa shape index (κ2) is 18.0. The molecule has 3 aliphatic rings. The van der Waals surface area contributed by atoms with Crippen molar-refractivity contribution in [1.29, 1.82) is 0 Å². The summed E-state index contributed by atoms with van der Waals surface area (Å²) in [5, 5.41) is 24.7. The van der Waals surface area contributed by atoms with Gasteiger partial charge in [-0.1, -0.05) is 79.6 Å². The lowest BCUT2D eigenvalue weighted by molar-refractivity contribution is -0.255. The predicted octanol–water partition coefficient (Wildman–Crippen LogP) is 7.20. The van der Waals surface area contributed by atoms with Crippen LogP contribution in [0.1, 0.15) is 120 Å². The minimum absolute atomic E-state index is 0.0197. The van der Waals surface area contributed by atoms with Crippen molar-refractivity contribution in [3.05, 3.63) is 95.1 Å². The summed E-state index contributed by atoms with van der Waals surface area (Å²) in [5.74, 6) is -0.367. The maximum atomic E-state index is 13.8. The standard InChI is InChI=1S/C44H57N3O7/c1-44(2,3)46-42(52)38-23-22-32-9-4-5-11-37(32)47(38)27-36-25-39(33-16-14-29(28-48)15-17-33)54-43(53-36)34-20-18-31(19-21-34)35-10-6-8-30(24-35)26-45-40(49)12-7-13-41(50)51/h6,8,10,14-21,24,32,36-39,43,48H,4-5,7,9,11-13,22-23,25-28H2,1-3H3,(H,45,49)(H,46,52)(H,50,51). The summed E-state index contributed by atoms with van der Waals surface area (Å²) < 4.78 is 13.5. The maximum absolute atomic E-state index is 13.8. The van der Waals surface area contributed by atoms with E-state index < -0.39 is 12.3 Å². The molecule has 3 aromatic carbocycles. The van der Waals surface area contributed by atoms with Crippen LogP contribution in [0.5, 0.6) is 0 Å². The molecule has 0 bridgehead atoms. The molecule has 290 valence electrons. The number of ether oxygens (including phenoxy) is 2. The molecule has 0 spiro atoms. The number of hydrogen-bond acceptors (Lipinski definition) is 7. The van der Waals surface area contributed by atoms with Crippen LogP contribution in [0.4, 0.5) is 0 Å². The molecule has 4 N–H and O–H groups in total. The zero-order chi connectivity index (χ0) is 38.2. The number of carboxylic acid groups (broad SMARTS) is 1. The first-order valence-corrected chi connectivity index (χ1v) is 19.7. The lowest BCUT2D eigenvalue weighted by atomic mass is 9.75. The molecule has 2 aliphatic heterocycles. The minimum Gasteiger partial charge on any atom is -0.481 e. The van der Waals surface area contributed by atoms with Crippen molar-refractivity contribution in [2.24, 2.45) is 5.92 Å². The Morgan fingerprint density at radius 3 is 2.30 bits per heavy atom. The van der Waals surface area contributed by atoms with Crippen molar-refractivity contribution >= 4 is 17.8 Å². The van der Waals surface area contributed by atoms with Crippen LogP contribution in [0.2, 0.25) is 0 Å². The van der Waals surface area contributed by atoms with E-state index in [2.05, 4.69) is 27.7 Å². The Labute approximate surface area is 319 Å². The van der Waals surface area contributed by atoms with Gasteiger partial charge < -0.3 is 30.3 Å². The fraction of sp³-hybridized carbons (Fsp3) is 0.523. The number of nitrogens with one attached hydrogen (secondary N) is 2. The number of piperidine rings is 1. The Balaban J connectivity index is 1.20. The van der Waals surface area contributed by atoms with Crippen molar-refractivity contribution in [2.75, 3.05) is 6.54 Å². The molecule has 10 heteroatoms. The van der Waals surface area contributed by atoms with Gasteiger partial charge in [0.1, 0.15) is 0 Å². The monoisotopic (exact) mass is 739 g/mol. The fourth-order valence-corrected chi connectivity index (χ4v) is 8.38. The van der Waals surface area contributed by atoms with Gasteiger partial charge in [0, 0.05) is 49.5 Å². The van der Waals surface area contributed by atoms with E-state index in [4.69, 9.17) is 14.6 Å². The van der Waals surface area contributed by atoms with E-state index in [-0.39, 0.29) is 55.1 Å². The van der Waals surface area contributed by atoms with Gasteiger partial charge in [-0.05, 0) is 92.7 Å². The van der Waals surface area contributed by atoms with Gasteiger partial charge in [-0.25, -0.2) is 0 Å². The molecule has 10 nitrogen and oxygen atoms in total. The number of aliphatic hydroxyl groups excluding tert-OH is 1. The van der Waals surface area contributed by atoms with Crippen LogP contribution < -0.4 is 10.6 Å². The van der Waals surface area contributed by atoms with Crippen LogP contribution in [0.25, 0.3) is 11.1 Å². The third-order valence-corrected chi connectivity index (χ3v) is 11.1. The molecule has 1 aliphatic carbocycles. The number of carboxylic acids is 1. The molecule has 3 aromatic rings. The highest BCUT2D eigenvalue weighted by Gasteiger charge is 2.44. The first-order valence-electron chi connectivity index (χ1n) is 19.7. The van der Waals surface area contributed by atoms with Gasteiger partial charge in [0.25, 0.3) is 0 Å². The average molecular weight is 740 g/mol. The Morgan fingerprint density at radius 2 is 1.57 bits per heavy atom. The van der Waals surface area contributed by atoms with Gasteiger partial charge in [-0.2, -0.15) is 0 Å². The molecular formula is C44H57N3O7. The lowest BCUT2D eigenvalue weighted by Crippen LogP contribution is -2.61. The number of carbonyl (C=O) groups excluding carboxylic acids is 2. The quantitative estimate of drug-likeness (QED) is 0.145. The summed E-state index contributed by atoms with van der Waals surface area (Å²) >= 11 is 0. The number of nitrogens with zero attached hydrogens (tertiary/aromatic N) is 1. The first-order chi connectivity index (χ1) is 26.0. The van der Waals surface area contributed by atoms with E-state index in [0.29, 0.717) is 37.9 Å². The number of carbonyl (C=O) groups is 3. The van der Waals surface area contributed by atoms with Crippen molar-refractivity contribution in [1.82, 2.24) is 15.5 Å². The van der Waals surface area contributed by atoms with Crippen molar-refractivity contribution in [3.63, 3.8) is 0 Å². The number of hydrogen-bond donors (Lipinski definition) is 4. The molecule has 3 fully saturated rings. The summed E-state index contributed by atoms with van der Waals surface area (Å²) in [7, 11) is 0. The van der Waals surface area contributed by atoms with Crippen LogP contribution in [-0.2, 0) is 37.0 Å². The van der Waals surface area contributed by atoms with Gasteiger partial charge in [0.05, 0.1) is 24.9 Å². The number of rotatable bonds is 13. The zero-order valence-corrected chi connectivity index (χ0v) is 32.0. The van der Waals surface area contributed by atoms with Crippen molar-refractivity contribution in [2.45, 2.75) is 134 Å². The molecule has 1 saturated carbocycles. The van der Waals surface area contributed by atoms with Crippen LogP contribution in [-0.4, -0.2) is 63.2 Å². The highest BCUT2D eigenvalue weighted by Crippen LogP contribution is 2.42. The molecule has 0 radical (unpaired) electrons. The molecular weight excluding hydrogens is 682 g/mol. The molecule has 2 saturated heterocycles. The van der Waals surface area contributed by atoms with Crippen LogP contribution in [0.3, 0.4) is 0 Å². The molecule has 6 atom stereocenters. The highest BCUT2D eigenvalue weighted by atomic mass is 16.7. The van der Waals surface area contributed by atoms with E-state index in [1.165, 1.54) is 19.3 Å². The number of amides is 2. The molecule has 54 heavy (non-hydrogen) atoms.